The molecule has 0 aliphatic heterocycles. The lowest BCUT2D eigenvalue weighted by Gasteiger charge is -2.23. The highest BCUT2D eigenvalue weighted by Gasteiger charge is 2.30. The number of benzene rings is 2. The van der Waals surface area contributed by atoms with Crippen molar-refractivity contribution in [1.29, 1.82) is 0 Å². The molecular weight excluding hydrogens is 355 g/mol. The third kappa shape index (κ3) is 3.60. The minimum atomic E-state index is -4.36. The zero-order valence-corrected chi connectivity index (χ0v) is 14.7. The zero-order chi connectivity index (χ0) is 19.0. The normalized spacial score (nSPS) is 16.7. The Bertz CT molecular complexity index is 934. The summed E-state index contributed by atoms with van der Waals surface area (Å²) in [4.78, 5) is 6.50. The maximum Gasteiger partial charge on any atom is 0.416 e. The standard InChI is InChI=1S/C20H18F3N3O/c1-26(17-11-8-13-4-2-3-5-16(13)17)12-18-24-19(25-27-18)14-6-9-15(10-7-14)20(21,22)23/h2-7,9-10,17H,8,11-12H2,1H3/t17-/m0/s1. The number of aromatic nitrogens is 2. The highest BCUT2D eigenvalue weighted by molar-refractivity contribution is 5.54. The molecule has 0 amide bonds. The second-order valence-electron chi connectivity index (χ2n) is 6.76. The van der Waals surface area contributed by atoms with Gasteiger partial charge in [-0.3, -0.25) is 4.90 Å². The van der Waals surface area contributed by atoms with Crippen LogP contribution in [0, 0.1) is 0 Å². The van der Waals surface area contributed by atoms with E-state index in [2.05, 4.69) is 33.2 Å². The Morgan fingerprint density at radius 1 is 1.11 bits per heavy atom. The van der Waals surface area contributed by atoms with Crippen molar-refractivity contribution in [2.75, 3.05) is 7.05 Å². The van der Waals surface area contributed by atoms with Gasteiger partial charge in [-0.15, -0.1) is 0 Å². The molecule has 0 radical (unpaired) electrons. The fourth-order valence-electron chi connectivity index (χ4n) is 3.56. The molecule has 2 aromatic carbocycles. The molecule has 1 aliphatic rings. The van der Waals surface area contributed by atoms with Crippen LogP contribution in [-0.2, 0) is 19.1 Å². The van der Waals surface area contributed by atoms with Crippen molar-refractivity contribution in [2.24, 2.45) is 0 Å². The van der Waals surface area contributed by atoms with Crippen molar-refractivity contribution in [3.05, 3.63) is 71.1 Å². The largest absolute Gasteiger partial charge is 0.416 e. The van der Waals surface area contributed by atoms with Gasteiger partial charge in [0.15, 0.2) is 0 Å². The summed E-state index contributed by atoms with van der Waals surface area (Å²) in [6.45, 7) is 0.479. The van der Waals surface area contributed by atoms with Crippen molar-refractivity contribution in [3.63, 3.8) is 0 Å². The Kier molecular flexibility index (Phi) is 4.47. The second kappa shape index (κ2) is 6.81. The Labute approximate surface area is 154 Å². The summed E-state index contributed by atoms with van der Waals surface area (Å²) in [6.07, 6.45) is -2.28. The van der Waals surface area contributed by atoms with Gasteiger partial charge in [-0.05, 0) is 43.1 Å². The van der Waals surface area contributed by atoms with E-state index in [-0.39, 0.29) is 0 Å². The lowest BCUT2D eigenvalue weighted by atomic mass is 10.1. The molecule has 1 aliphatic carbocycles. The van der Waals surface area contributed by atoms with Crippen LogP contribution < -0.4 is 0 Å². The molecule has 0 saturated heterocycles. The van der Waals surface area contributed by atoms with Crippen LogP contribution >= 0.6 is 0 Å². The SMILES string of the molecule is CN(Cc1nc(-c2ccc(C(F)(F)F)cc2)no1)[C@H]1CCc2ccccc21. The average molecular weight is 373 g/mol. The monoisotopic (exact) mass is 373 g/mol. The number of hydrogen-bond acceptors (Lipinski definition) is 4. The first-order valence-corrected chi connectivity index (χ1v) is 8.70. The Hall–Kier alpha value is -2.67. The molecule has 1 atom stereocenters. The smallest absolute Gasteiger partial charge is 0.338 e. The van der Waals surface area contributed by atoms with Gasteiger partial charge in [0, 0.05) is 11.6 Å². The molecule has 4 rings (SSSR count). The van der Waals surface area contributed by atoms with E-state index in [1.54, 1.807) is 0 Å². The summed E-state index contributed by atoms with van der Waals surface area (Å²) in [5, 5.41) is 3.91. The first-order valence-electron chi connectivity index (χ1n) is 8.70. The van der Waals surface area contributed by atoms with Crippen LogP contribution in [0.5, 0.6) is 0 Å². The molecule has 0 unspecified atom stereocenters. The van der Waals surface area contributed by atoms with Gasteiger partial charge < -0.3 is 4.52 Å². The summed E-state index contributed by atoms with van der Waals surface area (Å²) in [5.41, 5.74) is 2.48. The molecule has 0 bridgehead atoms. The van der Waals surface area contributed by atoms with Crippen molar-refractivity contribution < 1.29 is 17.7 Å². The van der Waals surface area contributed by atoms with Crippen LogP contribution in [0.25, 0.3) is 11.4 Å². The van der Waals surface area contributed by atoms with Crippen LogP contribution in [0.15, 0.2) is 53.1 Å². The fourth-order valence-corrected chi connectivity index (χ4v) is 3.56. The summed E-state index contributed by atoms with van der Waals surface area (Å²) < 4.78 is 43.3. The highest BCUT2D eigenvalue weighted by atomic mass is 19.4. The molecule has 1 aromatic heterocycles. The third-order valence-corrected chi connectivity index (χ3v) is 4.96. The maximum atomic E-state index is 12.7. The average Bonchev–Trinajstić information content (AvgIpc) is 3.28. The predicted octanol–water partition coefficient (Wildman–Crippen LogP) is 4.87. The molecule has 4 nitrogen and oxygen atoms in total. The lowest BCUT2D eigenvalue weighted by molar-refractivity contribution is -0.137. The highest BCUT2D eigenvalue weighted by Crippen LogP contribution is 2.35. The number of aryl methyl sites for hydroxylation is 1. The predicted molar refractivity (Wildman–Crippen MR) is 93.7 cm³/mol. The first kappa shape index (κ1) is 17.7. The van der Waals surface area contributed by atoms with Gasteiger partial charge in [0.1, 0.15) is 0 Å². The quantitative estimate of drug-likeness (QED) is 0.654. The minimum absolute atomic E-state index is 0.291. The first-order chi connectivity index (χ1) is 12.9. The van der Waals surface area contributed by atoms with Crippen LogP contribution in [0.3, 0.4) is 0 Å². The molecule has 27 heavy (non-hydrogen) atoms. The van der Waals surface area contributed by atoms with Crippen molar-refractivity contribution in [2.45, 2.75) is 31.6 Å². The van der Waals surface area contributed by atoms with Gasteiger partial charge >= 0.3 is 6.18 Å². The van der Waals surface area contributed by atoms with Gasteiger partial charge in [0.2, 0.25) is 11.7 Å². The van der Waals surface area contributed by atoms with E-state index in [0.717, 1.165) is 25.0 Å². The summed E-state index contributed by atoms with van der Waals surface area (Å²) in [6, 6.07) is 13.4. The molecule has 0 N–H and O–H groups in total. The van der Waals surface area contributed by atoms with Crippen LogP contribution in [0.4, 0.5) is 13.2 Å². The molecule has 0 spiro atoms. The van der Waals surface area contributed by atoms with Gasteiger partial charge in [0.25, 0.3) is 0 Å². The maximum absolute atomic E-state index is 12.7. The molecule has 7 heteroatoms. The Balaban J connectivity index is 1.47. The molecule has 3 aromatic rings. The van der Waals surface area contributed by atoms with Gasteiger partial charge in [-0.25, -0.2) is 0 Å². The Morgan fingerprint density at radius 3 is 2.59 bits per heavy atom. The fraction of sp³-hybridized carbons (Fsp3) is 0.300. The minimum Gasteiger partial charge on any atom is -0.338 e. The number of fused-ring (bicyclic) bond motifs is 1. The lowest BCUT2D eigenvalue weighted by Crippen LogP contribution is -2.22. The molecule has 140 valence electrons. The summed E-state index contributed by atoms with van der Waals surface area (Å²) >= 11 is 0. The number of alkyl halides is 3. The molecular formula is C20H18F3N3O. The summed E-state index contributed by atoms with van der Waals surface area (Å²) in [5.74, 6) is 0.732. The van der Waals surface area contributed by atoms with E-state index in [9.17, 15) is 13.2 Å². The van der Waals surface area contributed by atoms with Crippen molar-refractivity contribution in [1.82, 2.24) is 15.0 Å². The van der Waals surface area contributed by atoms with E-state index in [1.807, 2.05) is 13.1 Å². The third-order valence-electron chi connectivity index (χ3n) is 4.96. The second-order valence-corrected chi connectivity index (χ2v) is 6.76. The van der Waals surface area contributed by atoms with Gasteiger partial charge in [-0.1, -0.05) is 41.6 Å². The number of nitrogens with zero attached hydrogens (tertiary/aromatic N) is 3. The van der Waals surface area contributed by atoms with Crippen molar-refractivity contribution >= 4 is 0 Å². The molecule has 0 saturated carbocycles. The number of hydrogen-bond donors (Lipinski definition) is 0. The zero-order valence-electron chi connectivity index (χ0n) is 14.7. The van der Waals surface area contributed by atoms with Crippen LogP contribution in [-0.4, -0.2) is 22.1 Å². The van der Waals surface area contributed by atoms with E-state index in [4.69, 9.17) is 4.52 Å². The molecule has 0 fully saturated rings. The van der Waals surface area contributed by atoms with E-state index >= 15 is 0 Å². The molecule has 1 heterocycles. The van der Waals surface area contributed by atoms with Gasteiger partial charge in [0.05, 0.1) is 12.1 Å². The van der Waals surface area contributed by atoms with E-state index in [1.165, 1.54) is 23.3 Å². The number of halogens is 3. The Morgan fingerprint density at radius 2 is 1.85 bits per heavy atom. The summed E-state index contributed by atoms with van der Waals surface area (Å²) in [7, 11) is 2.01. The van der Waals surface area contributed by atoms with Crippen molar-refractivity contribution in [3.8, 4) is 11.4 Å². The van der Waals surface area contributed by atoms with Crippen LogP contribution in [0.2, 0.25) is 0 Å². The topological polar surface area (TPSA) is 42.2 Å². The number of rotatable bonds is 4. The van der Waals surface area contributed by atoms with E-state index < -0.39 is 11.7 Å². The van der Waals surface area contributed by atoms with Crippen LogP contribution in [0.1, 0.15) is 35.0 Å². The van der Waals surface area contributed by atoms with E-state index in [0.29, 0.717) is 29.9 Å². The van der Waals surface area contributed by atoms with Gasteiger partial charge in [-0.2, -0.15) is 18.2 Å².